The Kier molecular flexibility index (Phi) is 31.3. The van der Waals surface area contributed by atoms with Crippen molar-refractivity contribution in [3.05, 3.63) is 0 Å². The number of carbonyl (C=O) groups is 2. The van der Waals surface area contributed by atoms with Crippen molar-refractivity contribution in [2.45, 2.75) is 194 Å². The van der Waals surface area contributed by atoms with Crippen LogP contribution < -0.4 is 0 Å². The topological polar surface area (TPSA) is 52.6 Å². The maximum atomic E-state index is 11.7. The fourth-order valence-electron chi connectivity index (χ4n) is 4.94. The van der Waals surface area contributed by atoms with E-state index in [1.165, 1.54) is 128 Å². The summed E-state index contributed by atoms with van der Waals surface area (Å²) in [6.45, 7) is 5.65. The monoisotopic (exact) mass is 538 g/mol. The van der Waals surface area contributed by atoms with Gasteiger partial charge >= 0.3 is 11.9 Å². The van der Waals surface area contributed by atoms with Crippen LogP contribution in [0.5, 0.6) is 0 Å². The zero-order chi connectivity index (χ0) is 27.8. The molecule has 0 spiro atoms. The highest BCUT2D eigenvalue weighted by molar-refractivity contribution is 5.69. The minimum absolute atomic E-state index is 0.000292. The van der Waals surface area contributed by atoms with Crippen LogP contribution in [0.4, 0.5) is 0 Å². The Morgan fingerprint density at radius 2 is 0.579 bits per heavy atom. The smallest absolute Gasteiger partial charge is 0.305 e. The molecule has 0 aliphatic carbocycles. The highest BCUT2D eigenvalue weighted by Crippen LogP contribution is 2.14. The SMILES string of the molecule is CCCCCCCC(=O)OCCCCCCCCCCCCCCCCCCOC(=O)CCCCCCC. The Labute approximate surface area is 237 Å². The molecule has 0 saturated heterocycles. The highest BCUT2D eigenvalue weighted by Gasteiger charge is 2.03. The molecular weight excluding hydrogens is 472 g/mol. The van der Waals surface area contributed by atoms with Crippen LogP contribution >= 0.6 is 0 Å². The van der Waals surface area contributed by atoms with E-state index >= 15 is 0 Å². The summed E-state index contributed by atoms with van der Waals surface area (Å²) in [5.41, 5.74) is 0. The Bertz CT molecular complexity index is 447. The molecule has 0 aromatic rings. The molecule has 0 aliphatic rings. The summed E-state index contributed by atoms with van der Waals surface area (Å²) >= 11 is 0. The molecule has 4 nitrogen and oxygen atoms in total. The van der Waals surface area contributed by atoms with Crippen molar-refractivity contribution >= 4 is 11.9 Å². The molecule has 0 rings (SSSR count). The van der Waals surface area contributed by atoms with E-state index in [-0.39, 0.29) is 11.9 Å². The average Bonchev–Trinajstić information content (AvgIpc) is 2.91. The second-order valence-corrected chi connectivity index (χ2v) is 11.4. The van der Waals surface area contributed by atoms with E-state index in [0.29, 0.717) is 26.1 Å². The van der Waals surface area contributed by atoms with Crippen LogP contribution in [0.3, 0.4) is 0 Å². The molecule has 0 aromatic carbocycles. The lowest BCUT2D eigenvalue weighted by Gasteiger charge is -2.06. The molecule has 0 bridgehead atoms. The van der Waals surface area contributed by atoms with Gasteiger partial charge in [0.05, 0.1) is 13.2 Å². The molecule has 4 heteroatoms. The maximum Gasteiger partial charge on any atom is 0.305 e. The van der Waals surface area contributed by atoms with Gasteiger partial charge in [-0.2, -0.15) is 0 Å². The first-order valence-corrected chi connectivity index (χ1v) is 17.0. The lowest BCUT2D eigenvalue weighted by atomic mass is 10.0. The Morgan fingerprint density at radius 3 is 0.868 bits per heavy atom. The van der Waals surface area contributed by atoms with Gasteiger partial charge in [-0.05, 0) is 25.7 Å². The zero-order valence-electron chi connectivity index (χ0n) is 25.8. The molecule has 226 valence electrons. The Hall–Kier alpha value is -1.06. The van der Waals surface area contributed by atoms with Crippen molar-refractivity contribution in [3.8, 4) is 0 Å². The zero-order valence-corrected chi connectivity index (χ0v) is 25.8. The van der Waals surface area contributed by atoms with E-state index < -0.39 is 0 Å². The number of ether oxygens (including phenoxy) is 2. The second-order valence-electron chi connectivity index (χ2n) is 11.4. The van der Waals surface area contributed by atoms with E-state index in [1.54, 1.807) is 0 Å². The minimum Gasteiger partial charge on any atom is -0.466 e. The predicted octanol–water partition coefficient (Wildman–Crippen LogP) is 11.0. The molecule has 0 atom stereocenters. The van der Waals surface area contributed by atoms with Crippen LogP contribution in [-0.2, 0) is 19.1 Å². The number of hydrogen-bond donors (Lipinski definition) is 0. The van der Waals surface area contributed by atoms with Gasteiger partial charge in [0.25, 0.3) is 0 Å². The molecule has 0 unspecified atom stereocenters. The van der Waals surface area contributed by atoms with Gasteiger partial charge in [-0.3, -0.25) is 9.59 Å². The second kappa shape index (κ2) is 32.2. The Balaban J connectivity index is 3.15. The molecular formula is C34H66O4. The number of unbranched alkanes of at least 4 members (excludes halogenated alkanes) is 23. The molecule has 0 radical (unpaired) electrons. The van der Waals surface area contributed by atoms with Gasteiger partial charge in [-0.1, -0.05) is 155 Å². The lowest BCUT2D eigenvalue weighted by molar-refractivity contribution is -0.144. The van der Waals surface area contributed by atoms with E-state index in [0.717, 1.165) is 38.5 Å². The van der Waals surface area contributed by atoms with Gasteiger partial charge in [-0.15, -0.1) is 0 Å². The van der Waals surface area contributed by atoms with Crippen LogP contribution in [0, 0.1) is 0 Å². The van der Waals surface area contributed by atoms with E-state index in [2.05, 4.69) is 13.8 Å². The van der Waals surface area contributed by atoms with Crippen molar-refractivity contribution in [3.63, 3.8) is 0 Å². The molecule has 0 N–H and O–H groups in total. The Morgan fingerprint density at radius 1 is 0.342 bits per heavy atom. The molecule has 0 fully saturated rings. The normalized spacial score (nSPS) is 11.1. The summed E-state index contributed by atoms with van der Waals surface area (Å²) in [5.74, 6) is -0.000583. The molecule has 0 saturated carbocycles. The molecule has 0 aromatic heterocycles. The highest BCUT2D eigenvalue weighted by atomic mass is 16.5. The summed E-state index contributed by atoms with van der Waals surface area (Å²) in [4.78, 5) is 23.4. The van der Waals surface area contributed by atoms with E-state index in [9.17, 15) is 9.59 Å². The predicted molar refractivity (Wildman–Crippen MR) is 163 cm³/mol. The number of carbonyl (C=O) groups excluding carboxylic acids is 2. The van der Waals surface area contributed by atoms with Crippen molar-refractivity contribution < 1.29 is 19.1 Å². The lowest BCUT2D eigenvalue weighted by Crippen LogP contribution is -2.05. The average molecular weight is 539 g/mol. The third-order valence-electron chi connectivity index (χ3n) is 7.53. The van der Waals surface area contributed by atoms with Gasteiger partial charge in [0.1, 0.15) is 0 Å². The van der Waals surface area contributed by atoms with Crippen LogP contribution in [0.2, 0.25) is 0 Å². The van der Waals surface area contributed by atoms with Crippen LogP contribution in [0.25, 0.3) is 0 Å². The van der Waals surface area contributed by atoms with Crippen LogP contribution in [-0.4, -0.2) is 25.2 Å². The van der Waals surface area contributed by atoms with Gasteiger partial charge in [0.15, 0.2) is 0 Å². The van der Waals surface area contributed by atoms with Gasteiger partial charge in [0, 0.05) is 12.8 Å². The summed E-state index contributed by atoms with van der Waals surface area (Å²) in [6.07, 6.45) is 33.6. The summed E-state index contributed by atoms with van der Waals surface area (Å²) < 4.78 is 10.7. The summed E-state index contributed by atoms with van der Waals surface area (Å²) in [6, 6.07) is 0. The van der Waals surface area contributed by atoms with Crippen LogP contribution in [0.15, 0.2) is 0 Å². The number of rotatable bonds is 31. The third kappa shape index (κ3) is 31.2. The fourth-order valence-corrected chi connectivity index (χ4v) is 4.94. The summed E-state index contributed by atoms with van der Waals surface area (Å²) in [7, 11) is 0. The van der Waals surface area contributed by atoms with E-state index in [1.807, 2.05) is 0 Å². The van der Waals surface area contributed by atoms with Crippen molar-refractivity contribution in [1.29, 1.82) is 0 Å². The first-order chi connectivity index (χ1) is 18.7. The standard InChI is InChI=1S/C34H66O4/c1-3-5-7-21-25-29-33(35)37-31-27-23-19-17-15-13-11-9-10-12-14-16-18-20-24-28-32-38-34(36)30-26-22-8-6-4-2/h3-32H2,1-2H3. The first kappa shape index (κ1) is 36.9. The molecule has 0 amide bonds. The fraction of sp³-hybridized carbons (Fsp3) is 0.941. The molecule has 0 heterocycles. The summed E-state index contributed by atoms with van der Waals surface area (Å²) in [5, 5.41) is 0. The van der Waals surface area contributed by atoms with Gasteiger partial charge in [0.2, 0.25) is 0 Å². The van der Waals surface area contributed by atoms with Crippen molar-refractivity contribution in [2.24, 2.45) is 0 Å². The van der Waals surface area contributed by atoms with Crippen molar-refractivity contribution in [1.82, 2.24) is 0 Å². The van der Waals surface area contributed by atoms with Gasteiger partial charge < -0.3 is 9.47 Å². The van der Waals surface area contributed by atoms with Crippen LogP contribution in [0.1, 0.15) is 194 Å². The van der Waals surface area contributed by atoms with E-state index in [4.69, 9.17) is 9.47 Å². The third-order valence-corrected chi connectivity index (χ3v) is 7.53. The number of hydrogen-bond acceptors (Lipinski definition) is 4. The first-order valence-electron chi connectivity index (χ1n) is 17.0. The minimum atomic E-state index is -0.000292. The van der Waals surface area contributed by atoms with Gasteiger partial charge in [-0.25, -0.2) is 0 Å². The quantitative estimate of drug-likeness (QED) is 0.0650. The molecule has 0 aliphatic heterocycles. The number of esters is 2. The molecule has 38 heavy (non-hydrogen) atoms. The largest absolute Gasteiger partial charge is 0.466 e. The maximum absolute atomic E-state index is 11.7. The van der Waals surface area contributed by atoms with Crippen molar-refractivity contribution in [2.75, 3.05) is 13.2 Å².